The molecule has 0 amide bonds. The lowest BCUT2D eigenvalue weighted by molar-refractivity contribution is 0.0665. The molecule has 5 heteroatoms. The van der Waals surface area contributed by atoms with Crippen LogP contribution < -0.4 is 0 Å². The molecule has 96 valence electrons. The van der Waals surface area contributed by atoms with Crippen LogP contribution in [0.3, 0.4) is 0 Å². The summed E-state index contributed by atoms with van der Waals surface area (Å²) in [5.41, 5.74) is 0. The quantitative estimate of drug-likeness (QED) is 0.665. The lowest BCUT2D eigenvalue weighted by Crippen LogP contribution is -2.89. The van der Waals surface area contributed by atoms with Crippen LogP contribution in [0.2, 0.25) is 0 Å². The minimum atomic E-state index is -1.53. The fourth-order valence-corrected chi connectivity index (χ4v) is 9.73. The van der Waals surface area contributed by atoms with Gasteiger partial charge in [0.05, 0.1) is 0 Å². The van der Waals surface area contributed by atoms with Crippen LogP contribution in [-0.2, 0) is 0 Å². The predicted molar refractivity (Wildman–Crippen MR) is 70.5 cm³/mol. The molecule has 0 saturated carbocycles. The third-order valence-corrected chi connectivity index (χ3v) is 10.3. The summed E-state index contributed by atoms with van der Waals surface area (Å²) in [7, 11) is -1.53. The van der Waals surface area contributed by atoms with Crippen molar-refractivity contribution in [3.8, 4) is 0 Å². The van der Waals surface area contributed by atoms with Gasteiger partial charge < -0.3 is 0 Å². The van der Waals surface area contributed by atoms with Gasteiger partial charge in [0.25, 0.3) is 0 Å². The third-order valence-electron chi connectivity index (χ3n) is 5.12. The van der Waals surface area contributed by atoms with Gasteiger partial charge in [0, 0.05) is 0 Å². The minimum absolute atomic E-state index is 1.37. The summed E-state index contributed by atoms with van der Waals surface area (Å²) in [6, 6.07) is 0. The molecule has 0 unspecified atom stereocenters. The zero-order chi connectivity index (χ0) is 11.3. The number of nitrogens with zero attached hydrogens (tertiary/aromatic N) is 4. The molecule has 0 spiro atoms. The molecule has 0 N–H and O–H groups in total. The van der Waals surface area contributed by atoms with Gasteiger partial charge in [0.15, 0.2) is 0 Å². The lowest BCUT2D eigenvalue weighted by Gasteiger charge is -2.66. The highest BCUT2D eigenvalue weighted by molar-refractivity contribution is 6.69. The maximum Gasteiger partial charge on any atom is 0.376 e. The second-order valence-electron chi connectivity index (χ2n) is 5.96. The fourth-order valence-electron chi connectivity index (χ4n) is 3.66. The maximum atomic E-state index is 2.88. The van der Waals surface area contributed by atoms with Crippen LogP contribution in [0.15, 0.2) is 0 Å². The van der Waals surface area contributed by atoms with E-state index in [1.54, 1.807) is 0 Å². The maximum absolute atomic E-state index is 2.88. The first-order valence-corrected chi connectivity index (χ1v) is 9.21. The first-order valence-electron chi connectivity index (χ1n) is 7.42. The molecule has 0 atom stereocenters. The molecule has 4 aliphatic heterocycles. The summed E-state index contributed by atoms with van der Waals surface area (Å²) in [5, 5.41) is 0. The highest BCUT2D eigenvalue weighted by atomic mass is 28.4. The number of rotatable bonds is 4. The van der Waals surface area contributed by atoms with Gasteiger partial charge in [-0.3, -0.25) is 18.3 Å². The smallest absolute Gasteiger partial charge is 0.287 e. The zero-order valence-electron chi connectivity index (χ0n) is 10.8. The Labute approximate surface area is 105 Å². The fraction of sp³-hybridized carbons (Fsp3) is 1.00. The van der Waals surface area contributed by atoms with Gasteiger partial charge in [-0.05, 0) is 78.0 Å². The Balaban J connectivity index is 1.65. The summed E-state index contributed by atoms with van der Waals surface area (Å²) in [6.45, 7) is 11.0. The van der Waals surface area contributed by atoms with Gasteiger partial charge >= 0.3 is 8.72 Å². The van der Waals surface area contributed by atoms with E-state index < -0.39 is 8.72 Å². The van der Waals surface area contributed by atoms with Crippen molar-refractivity contribution in [3.05, 3.63) is 0 Å². The highest BCUT2D eigenvalue weighted by Gasteiger charge is 2.61. The SMILES string of the molecule is C1CN([Si](N2CCC2)(N2CCC2)N2CCC2)C1. The van der Waals surface area contributed by atoms with E-state index in [0.717, 1.165) is 0 Å². The molecular weight excluding hydrogens is 228 g/mol. The molecular formula is C12H24N4Si. The molecule has 4 nitrogen and oxygen atoms in total. The molecule has 4 rings (SSSR count). The van der Waals surface area contributed by atoms with Crippen LogP contribution in [-0.4, -0.2) is 79.3 Å². The van der Waals surface area contributed by atoms with Crippen LogP contribution in [0.1, 0.15) is 25.7 Å². The molecule has 17 heavy (non-hydrogen) atoms. The second-order valence-corrected chi connectivity index (χ2v) is 9.69. The Hall–Kier alpha value is 0.0569. The Bertz CT molecular complexity index is 233. The Morgan fingerprint density at radius 2 is 0.647 bits per heavy atom. The molecule has 4 saturated heterocycles. The molecule has 0 aliphatic carbocycles. The summed E-state index contributed by atoms with van der Waals surface area (Å²) in [5.74, 6) is 0. The first kappa shape index (κ1) is 10.9. The van der Waals surface area contributed by atoms with Crippen molar-refractivity contribution in [2.24, 2.45) is 0 Å². The second kappa shape index (κ2) is 4.03. The van der Waals surface area contributed by atoms with Gasteiger partial charge in [-0.1, -0.05) is 0 Å². The number of hydrogen-bond acceptors (Lipinski definition) is 4. The van der Waals surface area contributed by atoms with Crippen molar-refractivity contribution in [2.45, 2.75) is 25.7 Å². The zero-order valence-corrected chi connectivity index (χ0v) is 11.8. The Morgan fingerprint density at radius 3 is 0.765 bits per heavy atom. The average Bonchev–Trinajstić information content (AvgIpc) is 1.86. The average molecular weight is 252 g/mol. The molecule has 4 aliphatic rings. The van der Waals surface area contributed by atoms with E-state index in [0.29, 0.717) is 0 Å². The highest BCUT2D eigenvalue weighted by Crippen LogP contribution is 2.37. The van der Waals surface area contributed by atoms with Crippen molar-refractivity contribution < 1.29 is 0 Å². The first-order chi connectivity index (χ1) is 8.42. The van der Waals surface area contributed by atoms with Gasteiger partial charge in [-0.15, -0.1) is 0 Å². The van der Waals surface area contributed by atoms with Gasteiger partial charge in [0.1, 0.15) is 0 Å². The molecule has 0 radical (unpaired) electrons. The van der Waals surface area contributed by atoms with E-state index in [9.17, 15) is 0 Å². The topological polar surface area (TPSA) is 13.0 Å². The predicted octanol–water partition coefficient (Wildman–Crippen LogP) is 0.245. The molecule has 0 bridgehead atoms. The van der Waals surface area contributed by atoms with Gasteiger partial charge in [-0.2, -0.15) is 0 Å². The van der Waals surface area contributed by atoms with Crippen LogP contribution in [0.4, 0.5) is 0 Å². The van der Waals surface area contributed by atoms with E-state index in [1.807, 2.05) is 0 Å². The van der Waals surface area contributed by atoms with Crippen LogP contribution >= 0.6 is 0 Å². The van der Waals surface area contributed by atoms with Crippen LogP contribution in [0.25, 0.3) is 0 Å². The third kappa shape index (κ3) is 1.37. The number of hydrogen-bond donors (Lipinski definition) is 0. The Morgan fingerprint density at radius 1 is 0.412 bits per heavy atom. The normalized spacial score (nSPS) is 32.5. The standard InChI is InChI=1S/C12H24N4Si/c1-5-13(6-1)17(14-7-2-8-14,15-9-3-10-15)16-11-4-12-16/h1-12H2. The molecule has 0 aromatic carbocycles. The summed E-state index contributed by atoms with van der Waals surface area (Å²) in [4.78, 5) is 0. The molecule has 0 aromatic heterocycles. The van der Waals surface area contributed by atoms with Crippen LogP contribution in [0, 0.1) is 0 Å². The van der Waals surface area contributed by atoms with Crippen molar-refractivity contribution in [1.82, 2.24) is 18.3 Å². The summed E-state index contributed by atoms with van der Waals surface area (Å²) in [6.07, 6.45) is 5.74. The molecule has 0 aromatic rings. The monoisotopic (exact) mass is 252 g/mol. The van der Waals surface area contributed by atoms with Gasteiger partial charge in [-0.25, -0.2) is 0 Å². The summed E-state index contributed by atoms with van der Waals surface area (Å²) < 4.78 is 11.5. The minimum Gasteiger partial charge on any atom is -0.287 e. The van der Waals surface area contributed by atoms with Crippen molar-refractivity contribution in [2.75, 3.05) is 52.4 Å². The van der Waals surface area contributed by atoms with E-state index in [4.69, 9.17) is 0 Å². The largest absolute Gasteiger partial charge is 0.376 e. The van der Waals surface area contributed by atoms with E-state index in [2.05, 4.69) is 18.3 Å². The van der Waals surface area contributed by atoms with E-state index >= 15 is 0 Å². The van der Waals surface area contributed by atoms with Crippen molar-refractivity contribution in [1.29, 1.82) is 0 Å². The van der Waals surface area contributed by atoms with E-state index in [-0.39, 0.29) is 0 Å². The van der Waals surface area contributed by atoms with Crippen molar-refractivity contribution >= 4 is 8.72 Å². The summed E-state index contributed by atoms with van der Waals surface area (Å²) >= 11 is 0. The van der Waals surface area contributed by atoms with Gasteiger partial charge in [0.2, 0.25) is 0 Å². The Kier molecular flexibility index (Phi) is 2.59. The lowest BCUT2D eigenvalue weighted by atomic mass is 10.3. The van der Waals surface area contributed by atoms with Crippen LogP contribution in [0.5, 0.6) is 0 Å². The molecule has 4 fully saturated rings. The van der Waals surface area contributed by atoms with Crippen molar-refractivity contribution in [3.63, 3.8) is 0 Å². The van der Waals surface area contributed by atoms with E-state index in [1.165, 1.54) is 78.0 Å². The molecule has 4 heterocycles.